The van der Waals surface area contributed by atoms with E-state index >= 15 is 0 Å². The van der Waals surface area contributed by atoms with Crippen LogP contribution in [0.3, 0.4) is 0 Å². The molecule has 2 amide bonds. The molecule has 2 heterocycles. The van der Waals surface area contributed by atoms with Crippen LogP contribution in [0.1, 0.15) is 73.6 Å². The van der Waals surface area contributed by atoms with Crippen LogP contribution in [0, 0.1) is 34.5 Å². The van der Waals surface area contributed by atoms with Gasteiger partial charge in [-0.1, -0.05) is 71.7 Å². The fourth-order valence-electron chi connectivity index (χ4n) is 10.3. The lowest BCUT2D eigenvalue weighted by atomic mass is 9.88. The minimum absolute atomic E-state index is 0.0473. The van der Waals surface area contributed by atoms with E-state index in [1.807, 2.05) is 23.9 Å². The number of carbonyl (C=O) groups is 2. The van der Waals surface area contributed by atoms with Crippen LogP contribution >= 0.6 is 23.2 Å². The number of alkyl halides is 6. The number of halogens is 8. The first-order valence-electron chi connectivity index (χ1n) is 25.1. The van der Waals surface area contributed by atoms with Gasteiger partial charge < -0.3 is 29.9 Å². The van der Waals surface area contributed by atoms with Gasteiger partial charge in [-0.15, -0.1) is 0 Å². The molecule has 4 aromatic rings. The summed E-state index contributed by atoms with van der Waals surface area (Å²) >= 11 is 11.9. The Kier molecular flexibility index (Phi) is 19.0. The maximum atomic E-state index is 13.7. The van der Waals surface area contributed by atoms with Crippen LogP contribution < -0.4 is 10.6 Å². The van der Waals surface area contributed by atoms with Gasteiger partial charge in [-0.3, -0.25) is 9.59 Å². The van der Waals surface area contributed by atoms with Gasteiger partial charge in [0.05, 0.1) is 80.8 Å². The monoisotopic (exact) mass is 1170 g/mol. The Hall–Kier alpha value is -5.30. The summed E-state index contributed by atoms with van der Waals surface area (Å²) in [6.45, 7) is 2.48. The molecule has 0 bridgehead atoms. The van der Waals surface area contributed by atoms with Crippen LogP contribution in [0.5, 0.6) is 0 Å². The average Bonchev–Trinajstić information content (AvgIpc) is 4.08. The first-order valence-corrected chi connectivity index (χ1v) is 28.9. The van der Waals surface area contributed by atoms with E-state index in [1.54, 1.807) is 48.5 Å². The Morgan fingerprint density at radius 2 is 0.897 bits per heavy atom. The Morgan fingerprint density at radius 3 is 1.21 bits per heavy atom. The predicted octanol–water partition coefficient (Wildman–Crippen LogP) is 9.20. The van der Waals surface area contributed by atoms with E-state index < -0.39 is 110 Å². The number of ether oxygens (including phenoxy) is 2. The van der Waals surface area contributed by atoms with Crippen molar-refractivity contribution in [1.82, 2.24) is 20.4 Å². The van der Waals surface area contributed by atoms with Crippen LogP contribution in [-0.4, -0.2) is 113 Å². The van der Waals surface area contributed by atoms with E-state index in [-0.39, 0.29) is 38.9 Å². The molecular formula is C54H58Cl2F6N6O8S2. The fraction of sp³-hybridized carbons (Fsp3) is 0.481. The smallest absolute Gasteiger partial charge is 0.373 e. The number of nitrogens with zero attached hydrogens (tertiary/aromatic N) is 4. The third kappa shape index (κ3) is 14.4. The average molecular weight is 1170 g/mol. The molecule has 4 fully saturated rings. The molecule has 24 heteroatoms. The van der Waals surface area contributed by atoms with Crippen molar-refractivity contribution in [2.75, 3.05) is 40.3 Å². The van der Waals surface area contributed by atoms with Crippen molar-refractivity contribution >= 4 is 54.7 Å². The lowest BCUT2D eigenvalue weighted by molar-refractivity contribution is -0.140. The van der Waals surface area contributed by atoms with E-state index in [2.05, 4.69) is 22.8 Å². The minimum Gasteiger partial charge on any atom is -0.373 e. The Morgan fingerprint density at radius 1 is 0.577 bits per heavy atom. The van der Waals surface area contributed by atoms with E-state index in [0.717, 1.165) is 47.5 Å². The summed E-state index contributed by atoms with van der Waals surface area (Å²) < 4.78 is 148. The van der Waals surface area contributed by atoms with Crippen molar-refractivity contribution in [3.63, 3.8) is 0 Å². The van der Waals surface area contributed by atoms with E-state index in [9.17, 15) is 63.3 Å². The van der Waals surface area contributed by atoms with Gasteiger partial charge in [0.25, 0.3) is 0 Å². The molecule has 420 valence electrons. The Balaban J connectivity index is 0.000000226. The molecular weight excluding hydrogens is 1110 g/mol. The molecule has 2 aliphatic heterocycles. The molecule has 6 atom stereocenters. The lowest BCUT2D eigenvalue weighted by Crippen LogP contribution is -2.55. The molecule has 4 aliphatic rings. The summed E-state index contributed by atoms with van der Waals surface area (Å²) in [5, 5.41) is 23.9. The summed E-state index contributed by atoms with van der Waals surface area (Å²) in [6, 6.07) is 26.1. The summed E-state index contributed by atoms with van der Waals surface area (Å²) in [4.78, 5) is 29.5. The molecule has 78 heavy (non-hydrogen) atoms. The van der Waals surface area contributed by atoms with Gasteiger partial charge in [-0.05, 0) is 125 Å². The normalized spacial score (nSPS) is 23.7. The van der Waals surface area contributed by atoms with Crippen LogP contribution in [-0.2, 0) is 64.3 Å². The zero-order valence-corrected chi connectivity index (χ0v) is 45.6. The molecule has 0 aromatic heterocycles. The molecule has 4 aromatic carbocycles. The molecule has 0 unspecified atom stereocenters. The molecule has 0 radical (unpaired) electrons. The van der Waals surface area contributed by atoms with Gasteiger partial charge in [0.2, 0.25) is 11.8 Å². The molecule has 2 N–H and O–H groups in total. The van der Waals surface area contributed by atoms with Gasteiger partial charge in [0.1, 0.15) is 11.1 Å². The summed E-state index contributed by atoms with van der Waals surface area (Å²) in [5.74, 6) is -3.02. The van der Waals surface area contributed by atoms with Crippen LogP contribution in [0.2, 0.25) is 10.0 Å². The zero-order chi connectivity index (χ0) is 56.8. The summed E-state index contributed by atoms with van der Waals surface area (Å²) in [7, 11) is -5.12. The zero-order valence-electron chi connectivity index (χ0n) is 42.5. The highest BCUT2D eigenvalue weighted by Crippen LogP contribution is 2.43. The topological polar surface area (TPSA) is 199 Å². The van der Waals surface area contributed by atoms with Gasteiger partial charge >= 0.3 is 12.4 Å². The molecule has 2 saturated heterocycles. The van der Waals surface area contributed by atoms with Crippen molar-refractivity contribution in [2.24, 2.45) is 11.8 Å². The number of likely N-dealkylation sites (tertiary alicyclic amines) is 2. The van der Waals surface area contributed by atoms with Crippen LogP contribution in [0.25, 0.3) is 0 Å². The van der Waals surface area contributed by atoms with E-state index in [1.165, 1.54) is 12.1 Å². The molecule has 14 nitrogen and oxygen atoms in total. The van der Waals surface area contributed by atoms with Gasteiger partial charge in [-0.2, -0.15) is 36.9 Å². The highest BCUT2D eigenvalue weighted by molar-refractivity contribution is 7.92. The van der Waals surface area contributed by atoms with Crippen molar-refractivity contribution < 1.29 is 62.2 Å². The maximum Gasteiger partial charge on any atom is 0.417 e. The second-order valence-corrected chi connectivity index (χ2v) is 25.7. The number of carbonyl (C=O) groups excluding carboxylic acids is 2. The van der Waals surface area contributed by atoms with Gasteiger partial charge in [0, 0.05) is 36.2 Å². The number of amides is 2. The number of hydrogen-bond acceptors (Lipinski definition) is 12. The number of nitrogens with one attached hydrogen (secondary N) is 2. The fourth-order valence-corrected chi connectivity index (χ4v) is 14.6. The van der Waals surface area contributed by atoms with Crippen molar-refractivity contribution in [2.45, 2.75) is 121 Å². The SMILES string of the molecule is CN1CCC(C#N)(NC(=O)[C@@H]2C[C@@H](S(=O)(=O)c3ccccc3C(F)(F)F)C[C@H]2OCc2ccc(Cl)cc2)CC1.CN1CCC(C#N)(NC(=O)[C@H]2C[C@H](S(=O)(=O)c3ccccc3C(F)(F)F)C[C@@H]2OCc2ccc(Cl)cc2)CC1. The summed E-state index contributed by atoms with van der Waals surface area (Å²) in [5.41, 5.74) is -3.24. The molecule has 2 aliphatic carbocycles. The van der Waals surface area contributed by atoms with Crippen molar-refractivity contribution in [3.05, 3.63) is 129 Å². The van der Waals surface area contributed by atoms with Gasteiger partial charge in [-0.25, -0.2) is 16.8 Å². The number of piperidine rings is 2. The van der Waals surface area contributed by atoms with Crippen LogP contribution in [0.4, 0.5) is 26.3 Å². The summed E-state index contributed by atoms with van der Waals surface area (Å²) in [6.07, 6.45) is -10.7. The Bertz CT molecular complexity index is 2880. The number of nitriles is 2. The number of sulfone groups is 2. The van der Waals surface area contributed by atoms with Crippen molar-refractivity contribution in [1.29, 1.82) is 10.5 Å². The molecule has 2 saturated carbocycles. The van der Waals surface area contributed by atoms with Gasteiger partial charge in [0.15, 0.2) is 19.7 Å². The standard InChI is InChI=1S/2C27H29ClF3N3O4S/c2*1-34-12-10-26(17-32,11-13-34)33-25(35)21-14-20(15-23(21)38-16-18-6-8-19(28)9-7-18)39(36,37)24-5-3-2-4-22(24)27(29,30)31/h2*2-9,20-21,23H,10-16H2,1H3,(H,33,35)/t2*20-,21-,23-/m10/s1. The highest BCUT2D eigenvalue weighted by Gasteiger charge is 2.51. The molecule has 0 spiro atoms. The maximum absolute atomic E-state index is 13.7. The largest absolute Gasteiger partial charge is 0.417 e. The van der Waals surface area contributed by atoms with Crippen LogP contribution in [0.15, 0.2) is 107 Å². The quantitative estimate of drug-likeness (QED) is 0.114. The first kappa shape index (κ1) is 60.3. The van der Waals surface area contributed by atoms with E-state index in [0.29, 0.717) is 61.9 Å². The van der Waals surface area contributed by atoms with E-state index in [4.69, 9.17) is 32.7 Å². The minimum atomic E-state index is -4.86. The third-order valence-corrected chi connectivity index (χ3v) is 20.0. The van der Waals surface area contributed by atoms with Crippen molar-refractivity contribution in [3.8, 4) is 12.1 Å². The number of benzene rings is 4. The second-order valence-electron chi connectivity index (χ2n) is 20.4. The number of rotatable bonds is 14. The third-order valence-electron chi connectivity index (χ3n) is 15.1. The number of hydrogen-bond donors (Lipinski definition) is 2. The first-order chi connectivity index (χ1) is 36.7. The highest BCUT2D eigenvalue weighted by atomic mass is 35.5. The lowest BCUT2D eigenvalue weighted by Gasteiger charge is -2.37. The molecule has 8 rings (SSSR count). The Labute approximate surface area is 459 Å². The predicted molar refractivity (Wildman–Crippen MR) is 277 cm³/mol. The second kappa shape index (κ2) is 24.6.